The summed E-state index contributed by atoms with van der Waals surface area (Å²) in [5, 5.41) is 0. The smallest absolute Gasteiger partial charge is 0.335 e. The van der Waals surface area contributed by atoms with Crippen molar-refractivity contribution in [3.8, 4) is 0 Å². The Labute approximate surface area is 125 Å². The van der Waals surface area contributed by atoms with Crippen molar-refractivity contribution >= 4 is 17.8 Å². The van der Waals surface area contributed by atoms with Gasteiger partial charge in [0.1, 0.15) is 0 Å². The van der Waals surface area contributed by atoms with Crippen molar-refractivity contribution in [1.29, 1.82) is 0 Å². The number of hydrogen-bond acceptors (Lipinski definition) is 4. The summed E-state index contributed by atoms with van der Waals surface area (Å²) in [6, 6.07) is 0. The molecule has 1 saturated heterocycles. The van der Waals surface area contributed by atoms with Crippen LogP contribution in [0.4, 0.5) is 0 Å². The van der Waals surface area contributed by atoms with Gasteiger partial charge in [0.2, 0.25) is 11.8 Å². The van der Waals surface area contributed by atoms with Crippen molar-refractivity contribution in [2.24, 2.45) is 11.8 Å². The summed E-state index contributed by atoms with van der Waals surface area (Å²) in [5.41, 5.74) is 0.271. The normalized spacial score (nSPS) is 26.5. The minimum atomic E-state index is -0.787. The number of carbonyl (C=O) groups is 3. The van der Waals surface area contributed by atoms with Gasteiger partial charge in [0, 0.05) is 12.0 Å². The predicted molar refractivity (Wildman–Crippen MR) is 76.9 cm³/mol. The Balaban J connectivity index is 2.19. The number of hydrogen-bond donors (Lipinski definition) is 0. The largest absolute Gasteiger partial charge is 0.438 e. The lowest BCUT2D eigenvalue weighted by Crippen LogP contribution is -2.43. The molecule has 3 unspecified atom stereocenters. The zero-order valence-corrected chi connectivity index (χ0v) is 12.8. The van der Waals surface area contributed by atoms with E-state index >= 15 is 0 Å². The minimum Gasteiger partial charge on any atom is -0.438 e. The lowest BCUT2D eigenvalue weighted by Gasteiger charge is -2.26. The molecule has 21 heavy (non-hydrogen) atoms. The van der Waals surface area contributed by atoms with Crippen molar-refractivity contribution in [1.82, 2.24) is 4.90 Å². The van der Waals surface area contributed by atoms with Crippen LogP contribution in [0.15, 0.2) is 12.2 Å². The quantitative estimate of drug-likeness (QED) is 0.443. The zero-order chi connectivity index (χ0) is 15.6. The highest BCUT2D eigenvalue weighted by atomic mass is 16.6. The SMILES string of the molecule is C=C(C)C(=O)OC(CCC)N1C(=O)C2CCCCC2C1=O. The van der Waals surface area contributed by atoms with Crippen LogP contribution in [0.1, 0.15) is 52.4 Å². The molecule has 3 atom stereocenters. The molecule has 1 aliphatic heterocycles. The second kappa shape index (κ2) is 6.41. The summed E-state index contributed by atoms with van der Waals surface area (Å²) in [5.74, 6) is -1.32. The van der Waals surface area contributed by atoms with Gasteiger partial charge in [-0.25, -0.2) is 9.69 Å². The lowest BCUT2D eigenvalue weighted by atomic mass is 9.81. The van der Waals surface area contributed by atoms with Crippen molar-refractivity contribution in [3.63, 3.8) is 0 Å². The maximum atomic E-state index is 12.5. The number of amides is 2. The molecule has 2 aliphatic rings. The number of likely N-dealkylation sites (tertiary alicyclic amines) is 1. The topological polar surface area (TPSA) is 63.7 Å². The Bertz CT molecular complexity index is 447. The molecule has 5 nitrogen and oxygen atoms in total. The summed E-state index contributed by atoms with van der Waals surface area (Å²) in [4.78, 5) is 38.0. The number of nitrogens with zero attached hydrogens (tertiary/aromatic N) is 1. The monoisotopic (exact) mass is 293 g/mol. The molecule has 2 rings (SSSR count). The summed E-state index contributed by atoms with van der Waals surface area (Å²) >= 11 is 0. The fourth-order valence-corrected chi connectivity index (χ4v) is 3.18. The molecule has 0 N–H and O–H groups in total. The van der Waals surface area contributed by atoms with Gasteiger partial charge < -0.3 is 4.74 Å². The molecule has 1 heterocycles. The molecule has 0 spiro atoms. The van der Waals surface area contributed by atoms with E-state index < -0.39 is 12.2 Å². The van der Waals surface area contributed by atoms with Crippen molar-refractivity contribution in [2.45, 2.75) is 58.6 Å². The van der Waals surface area contributed by atoms with Crippen LogP contribution in [0, 0.1) is 11.8 Å². The average molecular weight is 293 g/mol. The molecule has 116 valence electrons. The molecule has 0 bridgehead atoms. The first-order valence-electron chi connectivity index (χ1n) is 7.70. The fourth-order valence-electron chi connectivity index (χ4n) is 3.18. The second-order valence-corrected chi connectivity index (χ2v) is 5.97. The fraction of sp³-hybridized carbons (Fsp3) is 0.688. The Kier molecular flexibility index (Phi) is 4.80. The van der Waals surface area contributed by atoms with Crippen LogP contribution >= 0.6 is 0 Å². The maximum absolute atomic E-state index is 12.5. The Morgan fingerprint density at radius 1 is 1.29 bits per heavy atom. The van der Waals surface area contributed by atoms with E-state index in [9.17, 15) is 14.4 Å². The number of rotatable bonds is 5. The molecule has 0 aromatic carbocycles. The molecule has 2 amide bonds. The first-order valence-corrected chi connectivity index (χ1v) is 7.70. The van der Waals surface area contributed by atoms with E-state index in [-0.39, 0.29) is 29.2 Å². The molecule has 0 radical (unpaired) electrons. The number of esters is 1. The van der Waals surface area contributed by atoms with E-state index in [1.807, 2.05) is 6.92 Å². The molecular formula is C16H23NO4. The van der Waals surface area contributed by atoms with E-state index in [0.717, 1.165) is 32.1 Å². The predicted octanol–water partition coefficient (Wildman–Crippen LogP) is 2.41. The number of carbonyl (C=O) groups excluding carboxylic acids is 3. The van der Waals surface area contributed by atoms with Crippen LogP contribution in [0.3, 0.4) is 0 Å². The summed E-state index contributed by atoms with van der Waals surface area (Å²) in [6.45, 7) is 7.03. The minimum absolute atomic E-state index is 0.169. The first-order chi connectivity index (χ1) is 9.97. The molecule has 1 aliphatic carbocycles. The van der Waals surface area contributed by atoms with E-state index in [0.29, 0.717) is 6.42 Å². The van der Waals surface area contributed by atoms with Gasteiger partial charge in [-0.05, 0) is 19.8 Å². The van der Waals surface area contributed by atoms with E-state index in [1.165, 1.54) is 4.90 Å². The van der Waals surface area contributed by atoms with Gasteiger partial charge in [-0.1, -0.05) is 32.8 Å². The molecule has 2 fully saturated rings. The Hall–Kier alpha value is -1.65. The Morgan fingerprint density at radius 2 is 1.81 bits per heavy atom. The van der Waals surface area contributed by atoms with Gasteiger partial charge in [-0.15, -0.1) is 0 Å². The van der Waals surface area contributed by atoms with E-state index in [4.69, 9.17) is 4.74 Å². The molecule has 0 aromatic rings. The van der Waals surface area contributed by atoms with Crippen molar-refractivity contribution in [3.05, 3.63) is 12.2 Å². The number of imide groups is 1. The standard InChI is InChI=1S/C16H23NO4/c1-4-7-13(21-16(20)10(2)3)17-14(18)11-8-5-6-9-12(11)15(17)19/h11-13H,2,4-9H2,1,3H3. The second-order valence-electron chi connectivity index (χ2n) is 5.97. The van der Waals surface area contributed by atoms with Gasteiger partial charge in [-0.3, -0.25) is 9.59 Å². The molecule has 1 saturated carbocycles. The third-order valence-electron chi connectivity index (χ3n) is 4.29. The van der Waals surface area contributed by atoms with Gasteiger partial charge in [0.05, 0.1) is 11.8 Å². The highest BCUT2D eigenvalue weighted by Crippen LogP contribution is 2.39. The average Bonchev–Trinajstić information content (AvgIpc) is 2.71. The van der Waals surface area contributed by atoms with Crippen LogP contribution in [0.25, 0.3) is 0 Å². The number of fused-ring (bicyclic) bond motifs is 1. The van der Waals surface area contributed by atoms with E-state index in [1.54, 1.807) is 6.92 Å². The third-order valence-corrected chi connectivity index (χ3v) is 4.29. The van der Waals surface area contributed by atoms with Gasteiger partial charge in [-0.2, -0.15) is 0 Å². The van der Waals surface area contributed by atoms with Crippen LogP contribution in [-0.2, 0) is 19.1 Å². The zero-order valence-electron chi connectivity index (χ0n) is 12.8. The van der Waals surface area contributed by atoms with Gasteiger partial charge >= 0.3 is 5.97 Å². The lowest BCUT2D eigenvalue weighted by molar-refractivity contribution is -0.165. The van der Waals surface area contributed by atoms with Crippen molar-refractivity contribution in [2.75, 3.05) is 0 Å². The summed E-state index contributed by atoms with van der Waals surface area (Å²) < 4.78 is 5.33. The maximum Gasteiger partial charge on any atom is 0.335 e. The van der Waals surface area contributed by atoms with E-state index in [2.05, 4.69) is 6.58 Å². The van der Waals surface area contributed by atoms with Gasteiger partial charge in [0.15, 0.2) is 6.23 Å². The van der Waals surface area contributed by atoms with Crippen LogP contribution in [0.2, 0.25) is 0 Å². The highest BCUT2D eigenvalue weighted by Gasteiger charge is 2.51. The first kappa shape index (κ1) is 15.7. The summed E-state index contributed by atoms with van der Waals surface area (Å²) in [6.07, 6.45) is 3.90. The van der Waals surface area contributed by atoms with Crippen LogP contribution in [0.5, 0.6) is 0 Å². The molecule has 5 heteroatoms. The highest BCUT2D eigenvalue weighted by molar-refractivity contribution is 6.05. The summed E-state index contributed by atoms with van der Waals surface area (Å²) in [7, 11) is 0. The van der Waals surface area contributed by atoms with Crippen LogP contribution < -0.4 is 0 Å². The molecule has 0 aromatic heterocycles. The number of ether oxygens (including phenoxy) is 1. The third kappa shape index (κ3) is 3.01. The van der Waals surface area contributed by atoms with Gasteiger partial charge in [0.25, 0.3) is 0 Å². The Morgan fingerprint density at radius 3 is 2.24 bits per heavy atom. The van der Waals surface area contributed by atoms with Crippen LogP contribution in [-0.4, -0.2) is 28.9 Å². The molecular weight excluding hydrogens is 270 g/mol. The van der Waals surface area contributed by atoms with Crippen molar-refractivity contribution < 1.29 is 19.1 Å².